The van der Waals surface area contributed by atoms with Crippen molar-refractivity contribution in [3.63, 3.8) is 0 Å². The van der Waals surface area contributed by atoms with Gasteiger partial charge < -0.3 is 33.3 Å². The van der Waals surface area contributed by atoms with E-state index in [2.05, 4.69) is 148 Å². The number of allylic oxidation sites excluding steroid dienone is 22. The zero-order valence-corrected chi connectivity index (χ0v) is 69.3. The molecule has 0 aliphatic heterocycles. The molecule has 105 heavy (non-hydrogen) atoms. The van der Waals surface area contributed by atoms with E-state index < -0.39 is 24.3 Å². The van der Waals surface area contributed by atoms with Gasteiger partial charge in [0.05, 0.1) is 40.3 Å². The van der Waals surface area contributed by atoms with Crippen LogP contribution in [0.1, 0.15) is 399 Å². The molecule has 604 valence electrons. The second-order valence-corrected chi connectivity index (χ2v) is 30.8. The van der Waals surface area contributed by atoms with Gasteiger partial charge in [0.15, 0.2) is 12.4 Å². The summed E-state index contributed by atoms with van der Waals surface area (Å²) < 4.78 is 22.9. The Hall–Kier alpha value is -4.57. The summed E-state index contributed by atoms with van der Waals surface area (Å²) in [6, 6.07) is 0. The summed E-state index contributed by atoms with van der Waals surface area (Å²) in [4.78, 5) is 37.7. The first-order valence-corrected chi connectivity index (χ1v) is 44.3. The molecule has 0 bridgehead atoms. The number of carboxylic acids is 1. The van der Waals surface area contributed by atoms with E-state index in [0.717, 1.165) is 109 Å². The number of carbonyl (C=O) groups is 3. The molecule has 0 amide bonds. The molecule has 0 heterocycles. The average Bonchev–Trinajstić information content (AvgIpc) is 1.18. The second kappa shape index (κ2) is 85.0. The SMILES string of the molecule is CC/C=C\C/C=C\C/C=C\C/C=C\C/C=C\C/C=C\C/C=C\C/C=C\C/C=C\C/C=C\CCCCCCCCCCCCC(=O)OC(COC(=O)CCCCCCCCCCCCCCCCCCCCCCCCCCCCC/C=C\CCCCCCCCCC)COC(OCC[N+](C)(C)C)C(=O)[O-]. The zero-order valence-electron chi connectivity index (χ0n) is 69.3. The van der Waals surface area contributed by atoms with Crippen molar-refractivity contribution < 1.29 is 42.9 Å². The highest BCUT2D eigenvalue weighted by Gasteiger charge is 2.22. The topological polar surface area (TPSA) is 111 Å². The van der Waals surface area contributed by atoms with Crippen LogP contribution in [0.5, 0.6) is 0 Å². The molecule has 0 aromatic heterocycles. The minimum atomic E-state index is -1.63. The summed E-state index contributed by atoms with van der Waals surface area (Å²) in [6.45, 7) is 4.67. The number of hydrogen-bond acceptors (Lipinski definition) is 8. The summed E-state index contributed by atoms with van der Waals surface area (Å²) >= 11 is 0. The van der Waals surface area contributed by atoms with E-state index >= 15 is 0 Å². The van der Waals surface area contributed by atoms with Crippen LogP contribution < -0.4 is 5.11 Å². The summed E-state index contributed by atoms with van der Waals surface area (Å²) in [6.07, 6.45) is 120. The van der Waals surface area contributed by atoms with Gasteiger partial charge in [-0.15, -0.1) is 0 Å². The largest absolute Gasteiger partial charge is 0.545 e. The number of unbranched alkanes of at least 4 members (excludes halogenated alkanes) is 45. The van der Waals surface area contributed by atoms with Gasteiger partial charge in [-0.1, -0.05) is 404 Å². The molecule has 0 aromatic carbocycles. The molecular weight excluding hydrogens is 1300 g/mol. The Morgan fingerprint density at radius 2 is 0.543 bits per heavy atom. The quantitative estimate of drug-likeness (QED) is 0.0195. The van der Waals surface area contributed by atoms with Gasteiger partial charge in [-0.2, -0.15) is 0 Å². The summed E-state index contributed by atoms with van der Waals surface area (Å²) in [7, 11) is 5.94. The molecule has 2 atom stereocenters. The van der Waals surface area contributed by atoms with Gasteiger partial charge >= 0.3 is 11.9 Å². The average molecular weight is 1460 g/mol. The predicted octanol–water partition coefficient (Wildman–Crippen LogP) is 27.8. The fourth-order valence-corrected chi connectivity index (χ4v) is 12.7. The van der Waals surface area contributed by atoms with Gasteiger partial charge in [0.25, 0.3) is 0 Å². The maximum atomic E-state index is 13.0. The lowest BCUT2D eigenvalue weighted by molar-refractivity contribution is -0.870. The normalized spacial score (nSPS) is 13.3. The van der Waals surface area contributed by atoms with Crippen LogP contribution in [0, 0.1) is 0 Å². The molecule has 9 heteroatoms. The van der Waals surface area contributed by atoms with Crippen LogP contribution in [-0.2, 0) is 33.3 Å². The number of likely N-dealkylation sites (N-methyl/N-ethyl adjacent to an activating group) is 1. The van der Waals surface area contributed by atoms with E-state index in [-0.39, 0.29) is 32.2 Å². The third-order valence-electron chi connectivity index (χ3n) is 19.4. The summed E-state index contributed by atoms with van der Waals surface area (Å²) in [5.41, 5.74) is 0. The Morgan fingerprint density at radius 3 is 0.819 bits per heavy atom. The van der Waals surface area contributed by atoms with Gasteiger partial charge in [-0.25, -0.2) is 0 Å². The van der Waals surface area contributed by atoms with Gasteiger partial charge in [0.2, 0.25) is 0 Å². The molecule has 0 fully saturated rings. The van der Waals surface area contributed by atoms with Crippen LogP contribution >= 0.6 is 0 Å². The number of nitrogens with zero attached hydrogens (tertiary/aromatic N) is 1. The van der Waals surface area contributed by atoms with Crippen molar-refractivity contribution in [3.05, 3.63) is 134 Å². The molecule has 0 saturated carbocycles. The van der Waals surface area contributed by atoms with Crippen LogP contribution in [0.2, 0.25) is 0 Å². The molecule has 0 radical (unpaired) electrons. The van der Waals surface area contributed by atoms with Crippen molar-refractivity contribution in [2.75, 3.05) is 47.5 Å². The highest BCUT2D eigenvalue weighted by Crippen LogP contribution is 2.19. The highest BCUT2D eigenvalue weighted by molar-refractivity contribution is 5.70. The molecule has 2 unspecified atom stereocenters. The summed E-state index contributed by atoms with van der Waals surface area (Å²) in [5, 5.41) is 11.9. The maximum absolute atomic E-state index is 13.0. The smallest absolute Gasteiger partial charge is 0.306 e. The molecule has 0 spiro atoms. The van der Waals surface area contributed by atoms with Crippen LogP contribution in [-0.4, -0.2) is 82.3 Å². The molecular formula is C96H167NO8. The van der Waals surface area contributed by atoms with Gasteiger partial charge in [-0.05, 0) is 116 Å². The minimum absolute atomic E-state index is 0.143. The number of carboxylic acid groups (broad SMARTS) is 1. The van der Waals surface area contributed by atoms with E-state index in [1.165, 1.54) is 257 Å². The fraction of sp³-hybridized carbons (Fsp3) is 0.740. The maximum Gasteiger partial charge on any atom is 0.306 e. The number of carbonyl (C=O) groups excluding carboxylic acids is 3. The third kappa shape index (κ3) is 86.5. The van der Waals surface area contributed by atoms with Crippen molar-refractivity contribution in [1.29, 1.82) is 0 Å². The van der Waals surface area contributed by atoms with E-state index in [0.29, 0.717) is 23.9 Å². The van der Waals surface area contributed by atoms with E-state index in [9.17, 15) is 19.5 Å². The van der Waals surface area contributed by atoms with Crippen molar-refractivity contribution in [2.24, 2.45) is 0 Å². The Bertz CT molecular complexity index is 2200. The van der Waals surface area contributed by atoms with Gasteiger partial charge in [0, 0.05) is 12.8 Å². The standard InChI is InChI=1S/C96H167NO8/c1-6-8-10-12-14-16-18-20-22-24-26-28-30-32-34-36-38-40-42-44-46-47-49-51-53-55-57-59-61-63-65-67-69-71-73-75-77-79-81-83-85-87-94(99)105-92(91-104-96(95(100)101)102-89-88-97(3,4)5)90-103-93(98)86-84-82-80-78-76-74-72-70-68-66-64-62-60-58-56-54-52-50-48-45-43-41-39-37-35-33-31-29-27-25-23-21-19-17-15-13-11-9-7-2/h8,10,14,16,20,22,25-28,32,34,38,40,44,46,49,51,55,57,61,63,92,96H,6-7,9,11-13,15,17-19,21,23-24,29-31,33,35-37,39,41-43,45,47-48,50,52-54,56,58-60,62,64-91H2,1-5H3/b10-8-,16-14-,22-20-,27-25-,28-26-,34-32-,40-38-,46-44-,51-49-,57-55-,63-61-. The predicted molar refractivity (Wildman–Crippen MR) is 453 cm³/mol. The first kappa shape index (κ1) is 100. The molecule has 0 rings (SSSR count). The van der Waals surface area contributed by atoms with Crippen LogP contribution in [0.15, 0.2) is 134 Å². The van der Waals surface area contributed by atoms with E-state index in [4.69, 9.17) is 18.9 Å². The van der Waals surface area contributed by atoms with E-state index in [1.807, 2.05) is 21.1 Å². The van der Waals surface area contributed by atoms with E-state index in [1.54, 1.807) is 0 Å². The van der Waals surface area contributed by atoms with Gasteiger partial charge in [-0.3, -0.25) is 9.59 Å². The third-order valence-corrected chi connectivity index (χ3v) is 19.4. The first-order valence-electron chi connectivity index (χ1n) is 44.3. The number of quaternary nitrogens is 1. The van der Waals surface area contributed by atoms with Crippen molar-refractivity contribution >= 4 is 17.9 Å². The molecule has 0 N–H and O–H groups in total. The number of aliphatic carboxylic acids is 1. The molecule has 0 aliphatic rings. The lowest BCUT2D eigenvalue weighted by Crippen LogP contribution is -2.44. The molecule has 0 aliphatic carbocycles. The molecule has 0 saturated heterocycles. The van der Waals surface area contributed by atoms with Gasteiger partial charge in [0.1, 0.15) is 13.2 Å². The molecule has 0 aromatic rings. The van der Waals surface area contributed by atoms with Crippen LogP contribution in [0.25, 0.3) is 0 Å². The number of rotatable bonds is 82. The minimum Gasteiger partial charge on any atom is -0.545 e. The highest BCUT2D eigenvalue weighted by atomic mass is 16.7. The zero-order chi connectivity index (χ0) is 76.0. The monoisotopic (exact) mass is 1460 g/mol. The Balaban J connectivity index is 4.00. The molecule has 9 nitrogen and oxygen atoms in total. The fourth-order valence-electron chi connectivity index (χ4n) is 12.7. The summed E-state index contributed by atoms with van der Waals surface area (Å²) in [5.74, 6) is -2.28. The first-order chi connectivity index (χ1) is 51.6. The van der Waals surface area contributed by atoms with Crippen molar-refractivity contribution in [3.8, 4) is 0 Å². The van der Waals surface area contributed by atoms with Crippen LogP contribution in [0.3, 0.4) is 0 Å². The lowest BCUT2D eigenvalue weighted by atomic mass is 10.0. The Kier molecular flexibility index (Phi) is 81.3. The number of ether oxygens (including phenoxy) is 4. The Labute approximate surface area is 650 Å². The van der Waals surface area contributed by atoms with Crippen molar-refractivity contribution in [1.82, 2.24) is 0 Å². The van der Waals surface area contributed by atoms with Crippen molar-refractivity contribution in [2.45, 2.75) is 411 Å². The Morgan fingerprint density at radius 1 is 0.295 bits per heavy atom. The number of esters is 2. The van der Waals surface area contributed by atoms with Crippen LogP contribution in [0.4, 0.5) is 0 Å². The second-order valence-electron chi connectivity index (χ2n) is 30.8. The number of hydrogen-bond donors (Lipinski definition) is 0. The lowest BCUT2D eigenvalue weighted by Gasteiger charge is -2.26.